The summed E-state index contributed by atoms with van der Waals surface area (Å²) in [4.78, 5) is 6.55. The number of rotatable bonds is 5. The number of hydrogen-bond acceptors (Lipinski definition) is 3. The van der Waals surface area contributed by atoms with Crippen molar-refractivity contribution in [1.29, 1.82) is 0 Å². The summed E-state index contributed by atoms with van der Waals surface area (Å²) in [5.41, 5.74) is 0. The van der Waals surface area contributed by atoms with Gasteiger partial charge in [-0.1, -0.05) is 13.8 Å². The fourth-order valence-electron chi connectivity index (χ4n) is 2.65. The van der Waals surface area contributed by atoms with Crippen molar-refractivity contribution in [3.63, 3.8) is 0 Å². The molecule has 0 aromatic rings. The number of hydrogen-bond donors (Lipinski definition) is 2. The molecule has 1 saturated heterocycles. The first kappa shape index (κ1) is 17.2. The lowest BCUT2D eigenvalue weighted by molar-refractivity contribution is 0.208. The molecule has 0 amide bonds. The van der Waals surface area contributed by atoms with Crippen LogP contribution in [-0.2, 0) is 10.0 Å². The Hall–Kier alpha value is -0.820. The SMILES string of the molecule is CCS(=O)(=O)NCCNC(=NC)N1CC(C)CC(C)C1. The van der Waals surface area contributed by atoms with Crippen molar-refractivity contribution < 1.29 is 8.42 Å². The van der Waals surface area contributed by atoms with Crippen molar-refractivity contribution in [2.75, 3.05) is 39.0 Å². The van der Waals surface area contributed by atoms with Gasteiger partial charge in [-0.05, 0) is 25.2 Å². The minimum absolute atomic E-state index is 0.114. The number of likely N-dealkylation sites (tertiary alicyclic amines) is 1. The van der Waals surface area contributed by atoms with Gasteiger partial charge in [-0.25, -0.2) is 13.1 Å². The number of aliphatic imine (C=N–C) groups is 1. The molecule has 1 aliphatic heterocycles. The normalized spacial score (nSPS) is 24.8. The summed E-state index contributed by atoms with van der Waals surface area (Å²) in [5.74, 6) is 2.30. The molecule has 2 unspecified atom stereocenters. The highest BCUT2D eigenvalue weighted by atomic mass is 32.2. The first-order chi connectivity index (χ1) is 9.38. The van der Waals surface area contributed by atoms with E-state index in [0.29, 0.717) is 24.9 Å². The van der Waals surface area contributed by atoms with Crippen LogP contribution in [0.1, 0.15) is 27.2 Å². The van der Waals surface area contributed by atoms with Crippen LogP contribution < -0.4 is 10.0 Å². The molecule has 2 N–H and O–H groups in total. The van der Waals surface area contributed by atoms with E-state index in [4.69, 9.17) is 0 Å². The Kier molecular flexibility index (Phi) is 6.75. The summed E-state index contributed by atoms with van der Waals surface area (Å²) >= 11 is 0. The van der Waals surface area contributed by atoms with Gasteiger partial charge < -0.3 is 10.2 Å². The second kappa shape index (κ2) is 7.83. The van der Waals surface area contributed by atoms with Crippen molar-refractivity contribution in [2.24, 2.45) is 16.8 Å². The monoisotopic (exact) mass is 304 g/mol. The Morgan fingerprint density at radius 3 is 2.35 bits per heavy atom. The third-order valence-corrected chi connectivity index (χ3v) is 4.89. The van der Waals surface area contributed by atoms with Gasteiger partial charge in [0.1, 0.15) is 0 Å². The Bertz CT molecular complexity index is 412. The van der Waals surface area contributed by atoms with Crippen LogP contribution in [0, 0.1) is 11.8 Å². The highest BCUT2D eigenvalue weighted by Crippen LogP contribution is 2.20. The van der Waals surface area contributed by atoms with Crippen LogP contribution >= 0.6 is 0 Å². The zero-order chi connectivity index (χ0) is 15.2. The number of piperidine rings is 1. The van der Waals surface area contributed by atoms with Crippen LogP contribution in [0.2, 0.25) is 0 Å². The molecule has 1 heterocycles. The van der Waals surface area contributed by atoms with Gasteiger partial charge >= 0.3 is 0 Å². The fraction of sp³-hybridized carbons (Fsp3) is 0.923. The summed E-state index contributed by atoms with van der Waals surface area (Å²) in [6.45, 7) is 9.08. The maximum absolute atomic E-state index is 11.3. The van der Waals surface area contributed by atoms with E-state index in [1.807, 2.05) is 0 Å². The molecule has 0 aromatic carbocycles. The standard InChI is InChI=1S/C13H28N4O2S/c1-5-20(18,19)16-7-6-15-13(14-4)17-9-11(2)8-12(3)10-17/h11-12,16H,5-10H2,1-4H3,(H,14,15). The molecule has 0 saturated carbocycles. The molecule has 0 bridgehead atoms. The lowest BCUT2D eigenvalue weighted by Gasteiger charge is -2.37. The third kappa shape index (κ3) is 5.66. The van der Waals surface area contributed by atoms with E-state index in [9.17, 15) is 8.42 Å². The largest absolute Gasteiger partial charge is 0.355 e. The van der Waals surface area contributed by atoms with Gasteiger partial charge in [-0.15, -0.1) is 0 Å². The quantitative estimate of drug-likeness (QED) is 0.440. The Morgan fingerprint density at radius 2 is 1.85 bits per heavy atom. The lowest BCUT2D eigenvalue weighted by atomic mass is 9.92. The molecule has 1 aliphatic rings. The molecule has 20 heavy (non-hydrogen) atoms. The molecular formula is C13H28N4O2S. The molecule has 1 rings (SSSR count). The van der Waals surface area contributed by atoms with Crippen LogP contribution in [-0.4, -0.2) is 58.3 Å². The zero-order valence-corrected chi connectivity index (χ0v) is 13.8. The van der Waals surface area contributed by atoms with Crippen LogP contribution in [0.4, 0.5) is 0 Å². The molecule has 2 atom stereocenters. The van der Waals surface area contributed by atoms with Gasteiger partial charge in [0.05, 0.1) is 5.75 Å². The minimum atomic E-state index is -3.11. The van der Waals surface area contributed by atoms with Crippen molar-refractivity contribution in [2.45, 2.75) is 27.2 Å². The van der Waals surface area contributed by atoms with Crippen molar-refractivity contribution in [1.82, 2.24) is 14.9 Å². The number of nitrogens with zero attached hydrogens (tertiary/aromatic N) is 2. The average Bonchev–Trinajstić information content (AvgIpc) is 2.37. The topological polar surface area (TPSA) is 73.8 Å². The summed E-state index contributed by atoms with van der Waals surface area (Å²) in [5, 5.41) is 3.23. The summed E-state index contributed by atoms with van der Waals surface area (Å²) in [6.07, 6.45) is 1.25. The van der Waals surface area contributed by atoms with Gasteiger partial charge in [-0.3, -0.25) is 4.99 Å². The Labute approximate surface area is 123 Å². The summed E-state index contributed by atoms with van der Waals surface area (Å²) in [6, 6.07) is 0. The second-order valence-corrected chi connectivity index (χ2v) is 7.72. The summed E-state index contributed by atoms with van der Waals surface area (Å²) in [7, 11) is -1.34. The van der Waals surface area contributed by atoms with Crippen molar-refractivity contribution in [3.05, 3.63) is 0 Å². The molecule has 0 aromatic heterocycles. The maximum atomic E-state index is 11.3. The van der Waals surface area contributed by atoms with Crippen LogP contribution in [0.15, 0.2) is 4.99 Å². The van der Waals surface area contributed by atoms with Crippen molar-refractivity contribution >= 4 is 16.0 Å². The maximum Gasteiger partial charge on any atom is 0.211 e. The van der Waals surface area contributed by atoms with E-state index in [1.54, 1.807) is 14.0 Å². The second-order valence-electron chi connectivity index (χ2n) is 5.62. The van der Waals surface area contributed by atoms with Gasteiger partial charge in [0.2, 0.25) is 10.0 Å². The smallest absolute Gasteiger partial charge is 0.211 e. The molecule has 0 aliphatic carbocycles. The highest BCUT2D eigenvalue weighted by molar-refractivity contribution is 7.89. The zero-order valence-electron chi connectivity index (χ0n) is 13.0. The van der Waals surface area contributed by atoms with Crippen LogP contribution in [0.25, 0.3) is 0 Å². The number of guanidine groups is 1. The number of sulfonamides is 1. The first-order valence-corrected chi connectivity index (χ1v) is 8.96. The Balaban J connectivity index is 2.40. The van der Waals surface area contributed by atoms with Crippen LogP contribution in [0.5, 0.6) is 0 Å². The first-order valence-electron chi connectivity index (χ1n) is 7.30. The van der Waals surface area contributed by atoms with E-state index in [1.165, 1.54) is 6.42 Å². The Morgan fingerprint density at radius 1 is 1.25 bits per heavy atom. The molecule has 0 radical (unpaired) electrons. The van der Waals surface area contributed by atoms with E-state index in [0.717, 1.165) is 19.0 Å². The average molecular weight is 304 g/mol. The van der Waals surface area contributed by atoms with Crippen molar-refractivity contribution in [3.8, 4) is 0 Å². The fourth-order valence-corrected chi connectivity index (χ4v) is 3.27. The minimum Gasteiger partial charge on any atom is -0.355 e. The molecule has 7 heteroatoms. The van der Waals surface area contributed by atoms with E-state index >= 15 is 0 Å². The van der Waals surface area contributed by atoms with E-state index in [2.05, 4.69) is 33.8 Å². The predicted molar refractivity (Wildman–Crippen MR) is 83.3 cm³/mol. The molecule has 1 fully saturated rings. The number of nitrogens with one attached hydrogen (secondary N) is 2. The van der Waals surface area contributed by atoms with Gasteiger partial charge in [0.25, 0.3) is 0 Å². The van der Waals surface area contributed by atoms with Gasteiger partial charge in [0, 0.05) is 33.2 Å². The van der Waals surface area contributed by atoms with E-state index in [-0.39, 0.29) is 5.75 Å². The van der Waals surface area contributed by atoms with Gasteiger partial charge in [0.15, 0.2) is 5.96 Å². The molecule has 6 nitrogen and oxygen atoms in total. The third-order valence-electron chi connectivity index (χ3n) is 3.49. The van der Waals surface area contributed by atoms with Crippen LogP contribution in [0.3, 0.4) is 0 Å². The summed E-state index contributed by atoms with van der Waals surface area (Å²) < 4.78 is 25.2. The lowest BCUT2D eigenvalue weighted by Crippen LogP contribution is -2.49. The van der Waals surface area contributed by atoms with E-state index < -0.39 is 10.0 Å². The predicted octanol–water partition coefficient (Wildman–Crippen LogP) is 0.479. The molecule has 118 valence electrons. The molecular weight excluding hydrogens is 276 g/mol. The molecule has 0 spiro atoms. The highest BCUT2D eigenvalue weighted by Gasteiger charge is 2.23. The van der Waals surface area contributed by atoms with Gasteiger partial charge in [-0.2, -0.15) is 0 Å².